The largest absolute Gasteiger partial charge is 0.452 e. The number of rotatable bonds is 8. The highest BCUT2D eigenvalue weighted by Crippen LogP contribution is 2.44. The fourth-order valence-corrected chi connectivity index (χ4v) is 2.91. The van der Waals surface area contributed by atoms with E-state index in [2.05, 4.69) is 10.3 Å². The van der Waals surface area contributed by atoms with E-state index in [0.29, 0.717) is 4.57 Å². The third kappa shape index (κ3) is 5.28. The third-order valence-electron chi connectivity index (χ3n) is 5.12. The smallest absolute Gasteiger partial charge is 0.351 e. The lowest BCUT2D eigenvalue weighted by atomic mass is 10.1. The molecule has 1 aromatic heterocycles. The predicted octanol–water partition coefficient (Wildman–Crippen LogP) is -0.415. The summed E-state index contributed by atoms with van der Waals surface area (Å²) in [5.41, 5.74) is 10.2. The van der Waals surface area contributed by atoms with Gasteiger partial charge < -0.3 is 31.4 Å². The maximum atomic E-state index is 15.1. The van der Waals surface area contributed by atoms with Gasteiger partial charge in [-0.25, -0.2) is 4.79 Å². The minimum atomic E-state index is -3.89. The first-order chi connectivity index (χ1) is 14.8. The summed E-state index contributed by atoms with van der Waals surface area (Å²) >= 11 is 0. The van der Waals surface area contributed by atoms with Crippen molar-refractivity contribution < 1.29 is 33.0 Å². The van der Waals surface area contributed by atoms with Gasteiger partial charge in [-0.05, 0) is 17.9 Å². The molecule has 0 aromatic carbocycles. The highest BCUT2D eigenvalue weighted by molar-refractivity contribution is 5.93. The van der Waals surface area contributed by atoms with E-state index < -0.39 is 60.6 Å². The average Bonchev–Trinajstić information content (AvgIpc) is 2.96. The summed E-state index contributed by atoms with van der Waals surface area (Å²) in [6.45, 7) is 5.78. The molecule has 0 saturated carbocycles. The number of carbonyl (C=O) groups excluding carboxylic acids is 2. The number of alkyl halides is 2. The van der Waals surface area contributed by atoms with Gasteiger partial charge >= 0.3 is 17.6 Å². The van der Waals surface area contributed by atoms with E-state index >= 15 is 8.78 Å². The quantitative estimate of drug-likeness (QED) is 0.375. The van der Waals surface area contributed by atoms with E-state index in [-0.39, 0.29) is 17.7 Å². The molecule has 1 fully saturated rings. The lowest BCUT2D eigenvalue weighted by Gasteiger charge is -2.25. The Bertz CT molecular complexity index is 893. The van der Waals surface area contributed by atoms with Crippen molar-refractivity contribution in [1.29, 1.82) is 0 Å². The highest BCUT2D eigenvalue weighted by atomic mass is 19.3. The molecule has 1 aromatic rings. The first-order valence-electron chi connectivity index (χ1n) is 10.1. The van der Waals surface area contributed by atoms with E-state index in [9.17, 15) is 19.5 Å². The molecule has 1 unspecified atom stereocenters. The van der Waals surface area contributed by atoms with Gasteiger partial charge in [0.15, 0.2) is 6.10 Å². The van der Waals surface area contributed by atoms with Gasteiger partial charge in [0.05, 0.1) is 12.6 Å². The molecular formula is C19H29F2N5O6. The lowest BCUT2D eigenvalue weighted by molar-refractivity contribution is -0.178. The van der Waals surface area contributed by atoms with Crippen LogP contribution in [0.5, 0.6) is 0 Å². The number of nitrogens with one attached hydrogen (secondary N) is 1. The van der Waals surface area contributed by atoms with Crippen LogP contribution in [0.2, 0.25) is 0 Å². The first kappa shape index (κ1) is 25.8. The normalized spacial score (nSPS) is 24.4. The molecule has 32 heavy (non-hydrogen) atoms. The van der Waals surface area contributed by atoms with Crippen molar-refractivity contribution in [3.05, 3.63) is 22.7 Å². The molecule has 1 amide bonds. The molecule has 0 aliphatic carbocycles. The fraction of sp³-hybridized carbons (Fsp3) is 0.684. The second-order valence-corrected chi connectivity index (χ2v) is 8.27. The number of carbonyl (C=O) groups is 2. The van der Waals surface area contributed by atoms with Gasteiger partial charge in [0, 0.05) is 6.20 Å². The van der Waals surface area contributed by atoms with Gasteiger partial charge in [-0.15, -0.1) is 0 Å². The number of aliphatic hydroxyl groups is 1. The summed E-state index contributed by atoms with van der Waals surface area (Å²) in [5.74, 6) is -6.31. The molecule has 180 valence electrons. The first-order valence-corrected chi connectivity index (χ1v) is 10.1. The Morgan fingerprint density at radius 1 is 1.28 bits per heavy atom. The Kier molecular flexibility index (Phi) is 8.04. The van der Waals surface area contributed by atoms with Crippen LogP contribution in [0.15, 0.2) is 17.1 Å². The van der Waals surface area contributed by atoms with Crippen LogP contribution in [0.1, 0.15) is 33.9 Å². The molecule has 1 aliphatic rings. The van der Waals surface area contributed by atoms with Crippen molar-refractivity contribution >= 4 is 17.7 Å². The Morgan fingerprint density at radius 2 is 1.88 bits per heavy atom. The van der Waals surface area contributed by atoms with Crippen LogP contribution < -0.4 is 22.5 Å². The highest BCUT2D eigenvalue weighted by Gasteiger charge is 2.62. The van der Waals surface area contributed by atoms with Gasteiger partial charge in [-0.1, -0.05) is 27.7 Å². The van der Waals surface area contributed by atoms with Crippen molar-refractivity contribution in [3.8, 4) is 0 Å². The van der Waals surface area contributed by atoms with Crippen molar-refractivity contribution in [3.63, 3.8) is 0 Å². The Labute approximate surface area is 183 Å². The van der Waals surface area contributed by atoms with Crippen molar-refractivity contribution in [2.24, 2.45) is 23.3 Å². The number of amides is 1. The molecule has 0 spiro atoms. The number of esters is 1. The lowest BCUT2D eigenvalue weighted by Crippen LogP contribution is -2.48. The second kappa shape index (κ2) is 9.98. The number of aromatic nitrogens is 2. The molecule has 11 nitrogen and oxygen atoms in total. The van der Waals surface area contributed by atoms with Gasteiger partial charge in [0.25, 0.3) is 0 Å². The molecule has 13 heteroatoms. The summed E-state index contributed by atoms with van der Waals surface area (Å²) in [5, 5.41) is 11.8. The van der Waals surface area contributed by atoms with Gasteiger partial charge in [0.2, 0.25) is 12.1 Å². The topological polar surface area (TPSA) is 172 Å². The van der Waals surface area contributed by atoms with Crippen LogP contribution >= 0.6 is 0 Å². The Hall–Kier alpha value is -2.48. The van der Waals surface area contributed by atoms with Crippen molar-refractivity contribution in [2.45, 2.75) is 64.1 Å². The average molecular weight is 461 g/mol. The third-order valence-corrected chi connectivity index (χ3v) is 5.12. The molecule has 1 aliphatic heterocycles. The maximum absolute atomic E-state index is 15.1. The predicted molar refractivity (Wildman–Crippen MR) is 109 cm³/mol. The van der Waals surface area contributed by atoms with Gasteiger partial charge in [-0.2, -0.15) is 13.8 Å². The molecule has 1 saturated heterocycles. The molecule has 5 atom stereocenters. The number of halogens is 2. The molecule has 6 N–H and O–H groups in total. The van der Waals surface area contributed by atoms with Crippen molar-refractivity contribution in [2.75, 3.05) is 11.9 Å². The number of aliphatic hydroxyl groups excluding tert-OH is 1. The van der Waals surface area contributed by atoms with Crippen LogP contribution in [-0.2, 0) is 19.1 Å². The summed E-state index contributed by atoms with van der Waals surface area (Å²) in [6.07, 6.45) is -5.04. The number of ether oxygens (including phenoxy) is 2. The number of hydrogen-bond donors (Lipinski definition) is 4. The second-order valence-electron chi connectivity index (χ2n) is 8.27. The minimum absolute atomic E-state index is 0.181. The van der Waals surface area contributed by atoms with Crippen LogP contribution in [-0.4, -0.2) is 63.4 Å². The van der Waals surface area contributed by atoms with Crippen molar-refractivity contribution in [1.82, 2.24) is 9.55 Å². The van der Waals surface area contributed by atoms with Crippen LogP contribution in [0.25, 0.3) is 0 Å². The fourth-order valence-electron chi connectivity index (χ4n) is 2.91. The number of nitrogens with two attached hydrogens (primary N) is 2. The van der Waals surface area contributed by atoms with E-state index in [0.717, 1.165) is 12.3 Å². The Balaban J connectivity index is 2.26. The summed E-state index contributed by atoms with van der Waals surface area (Å²) in [6, 6.07) is -0.901. The number of nitrogens with zero attached hydrogens (tertiary/aromatic N) is 2. The standard InChI is InChI=1S/C19H29F2N5O6/c1-8(2)12(22)15(28)24-11-5-6-26(18(30)25-11)17-19(20,21)14(10(7-27)31-17)32-16(29)13(23)9(3)4/h5-6,8-10,12-14,17,27H,7,22-23H2,1-4H3,(H,24,25,28,30)/t10-,12?,13+,14-,17-/m1/s1. The van der Waals surface area contributed by atoms with E-state index in [1.165, 1.54) is 0 Å². The zero-order valence-corrected chi connectivity index (χ0v) is 18.2. The monoisotopic (exact) mass is 461 g/mol. The zero-order chi connectivity index (χ0) is 24.4. The summed E-state index contributed by atoms with van der Waals surface area (Å²) in [7, 11) is 0. The van der Waals surface area contributed by atoms with Gasteiger partial charge in [-0.3, -0.25) is 14.2 Å². The molecular weight excluding hydrogens is 432 g/mol. The summed E-state index contributed by atoms with van der Waals surface area (Å²) in [4.78, 5) is 40.1. The molecule has 0 radical (unpaired) electrons. The number of anilines is 1. The SMILES string of the molecule is CC(C)C(N)C(=O)Nc1ccn([C@@H]2O[C@H](CO)[C@@H](OC(=O)[C@@H](N)C(C)C)C2(F)F)c(=O)n1. The van der Waals surface area contributed by atoms with Crippen LogP contribution in [0, 0.1) is 11.8 Å². The Morgan fingerprint density at radius 3 is 2.38 bits per heavy atom. The number of hydrogen-bond acceptors (Lipinski definition) is 9. The van der Waals surface area contributed by atoms with E-state index in [1.807, 2.05) is 0 Å². The van der Waals surface area contributed by atoms with E-state index in [1.54, 1.807) is 27.7 Å². The minimum Gasteiger partial charge on any atom is -0.452 e. The van der Waals surface area contributed by atoms with E-state index in [4.69, 9.17) is 20.9 Å². The molecule has 2 rings (SSSR count). The van der Waals surface area contributed by atoms with Crippen LogP contribution in [0.4, 0.5) is 14.6 Å². The van der Waals surface area contributed by atoms with Gasteiger partial charge in [0.1, 0.15) is 18.0 Å². The molecule has 0 bridgehead atoms. The molecule has 2 heterocycles. The maximum Gasteiger partial charge on any atom is 0.351 e. The van der Waals surface area contributed by atoms with Crippen LogP contribution in [0.3, 0.4) is 0 Å². The zero-order valence-electron chi connectivity index (χ0n) is 18.2. The summed E-state index contributed by atoms with van der Waals surface area (Å²) < 4.78 is 40.6.